The van der Waals surface area contributed by atoms with Gasteiger partial charge in [-0.05, 0) is 30.7 Å². The van der Waals surface area contributed by atoms with E-state index in [1.54, 1.807) is 0 Å². The zero-order valence-electron chi connectivity index (χ0n) is 23.1. The van der Waals surface area contributed by atoms with Crippen LogP contribution in [0.3, 0.4) is 0 Å². The first kappa shape index (κ1) is 31.6. The number of amides is 1. The zero-order valence-corrected chi connectivity index (χ0v) is 23.9. The standard InChI is InChI=1S/C29H40N4O6S/c1-23-21-25(31-10-12-36-14-16-38-18-20-39-19-17-37-15-13-35-11-9-30)7-8-26(23)28(34)33-29-32-27(22-40-29)24-5-3-2-4-6-24/h2-8,21-22,31H,9-20,30H2,1H3,(H,32,33,34). The number of hydrogen-bond acceptors (Lipinski definition) is 10. The van der Waals surface area contributed by atoms with Gasteiger partial charge in [0.1, 0.15) is 0 Å². The van der Waals surface area contributed by atoms with Gasteiger partial charge >= 0.3 is 0 Å². The average molecular weight is 573 g/mol. The average Bonchev–Trinajstić information content (AvgIpc) is 3.43. The van der Waals surface area contributed by atoms with Crippen molar-refractivity contribution in [3.63, 3.8) is 0 Å². The number of aromatic nitrogens is 1. The van der Waals surface area contributed by atoms with E-state index in [0.29, 0.717) is 89.9 Å². The molecule has 218 valence electrons. The maximum absolute atomic E-state index is 12.8. The van der Waals surface area contributed by atoms with Crippen LogP contribution in [-0.2, 0) is 23.7 Å². The highest BCUT2D eigenvalue weighted by atomic mass is 32.1. The van der Waals surface area contributed by atoms with Gasteiger partial charge in [0.05, 0.1) is 71.8 Å². The number of carbonyl (C=O) groups is 1. The predicted molar refractivity (Wildman–Crippen MR) is 158 cm³/mol. The number of nitrogens with zero attached hydrogens (tertiary/aromatic N) is 1. The quantitative estimate of drug-likeness (QED) is 0.163. The molecule has 10 nitrogen and oxygen atoms in total. The Morgan fingerprint density at radius 2 is 1.43 bits per heavy atom. The van der Waals surface area contributed by atoms with Crippen molar-refractivity contribution in [2.45, 2.75) is 6.92 Å². The normalized spacial score (nSPS) is 11.1. The molecule has 1 aromatic heterocycles. The molecule has 0 saturated heterocycles. The van der Waals surface area contributed by atoms with Crippen molar-refractivity contribution < 1.29 is 28.5 Å². The minimum atomic E-state index is -0.177. The van der Waals surface area contributed by atoms with Crippen molar-refractivity contribution in [1.29, 1.82) is 0 Å². The summed E-state index contributed by atoms with van der Waals surface area (Å²) in [6.07, 6.45) is 0. The Morgan fingerprint density at radius 3 is 2.02 bits per heavy atom. The van der Waals surface area contributed by atoms with Gasteiger partial charge in [0.15, 0.2) is 5.13 Å². The van der Waals surface area contributed by atoms with Gasteiger partial charge in [0.2, 0.25) is 0 Å². The Labute approximate surface area is 240 Å². The summed E-state index contributed by atoms with van der Waals surface area (Å²) in [5, 5.41) is 8.74. The maximum Gasteiger partial charge on any atom is 0.257 e. The van der Waals surface area contributed by atoms with Crippen LogP contribution in [0.5, 0.6) is 0 Å². The van der Waals surface area contributed by atoms with Gasteiger partial charge in [-0.1, -0.05) is 30.3 Å². The SMILES string of the molecule is Cc1cc(NCCOCCOCCOCCOCCOCCN)ccc1C(=O)Nc1nc(-c2ccccc2)cs1. The second kappa shape index (κ2) is 19.2. The van der Waals surface area contributed by atoms with Crippen LogP contribution in [-0.4, -0.2) is 90.0 Å². The monoisotopic (exact) mass is 572 g/mol. The van der Waals surface area contributed by atoms with Crippen molar-refractivity contribution in [2.24, 2.45) is 5.73 Å². The van der Waals surface area contributed by atoms with Gasteiger partial charge in [0, 0.05) is 35.3 Å². The Balaban J connectivity index is 1.21. The molecule has 1 heterocycles. The lowest BCUT2D eigenvalue weighted by molar-refractivity contribution is -0.00985. The fourth-order valence-corrected chi connectivity index (χ4v) is 4.31. The first-order chi connectivity index (χ1) is 19.7. The van der Waals surface area contributed by atoms with Gasteiger partial charge in [-0.15, -0.1) is 11.3 Å². The highest BCUT2D eigenvalue weighted by molar-refractivity contribution is 7.14. The van der Waals surface area contributed by atoms with Crippen LogP contribution in [0, 0.1) is 6.92 Å². The molecule has 0 unspecified atom stereocenters. The summed E-state index contributed by atoms with van der Waals surface area (Å²) >= 11 is 1.41. The van der Waals surface area contributed by atoms with Crippen molar-refractivity contribution in [2.75, 3.05) is 89.8 Å². The van der Waals surface area contributed by atoms with Gasteiger partial charge in [-0.3, -0.25) is 10.1 Å². The molecule has 0 atom stereocenters. The number of nitrogens with two attached hydrogens (primary N) is 1. The third-order valence-corrected chi connectivity index (χ3v) is 6.35. The molecule has 0 aliphatic rings. The van der Waals surface area contributed by atoms with Crippen LogP contribution in [0.25, 0.3) is 11.3 Å². The molecule has 40 heavy (non-hydrogen) atoms. The van der Waals surface area contributed by atoms with Crippen molar-refractivity contribution in [1.82, 2.24) is 4.98 Å². The third-order valence-electron chi connectivity index (χ3n) is 5.59. The van der Waals surface area contributed by atoms with E-state index < -0.39 is 0 Å². The number of rotatable bonds is 21. The second-order valence-corrected chi connectivity index (χ2v) is 9.52. The zero-order chi connectivity index (χ0) is 28.3. The van der Waals surface area contributed by atoms with Crippen LogP contribution >= 0.6 is 11.3 Å². The molecule has 0 bridgehead atoms. The molecule has 4 N–H and O–H groups in total. The van der Waals surface area contributed by atoms with E-state index in [4.69, 9.17) is 29.4 Å². The highest BCUT2D eigenvalue weighted by Gasteiger charge is 2.12. The van der Waals surface area contributed by atoms with Gasteiger partial charge < -0.3 is 34.7 Å². The number of nitrogens with one attached hydrogen (secondary N) is 2. The molecule has 0 fully saturated rings. The van der Waals surface area contributed by atoms with Gasteiger partial charge in [-0.2, -0.15) is 0 Å². The summed E-state index contributed by atoms with van der Waals surface area (Å²) < 4.78 is 27.2. The van der Waals surface area contributed by atoms with E-state index in [-0.39, 0.29) is 5.91 Å². The smallest absolute Gasteiger partial charge is 0.257 e. The van der Waals surface area contributed by atoms with Crippen molar-refractivity contribution in [3.05, 3.63) is 65.0 Å². The molecule has 1 amide bonds. The Kier molecular flexibility index (Phi) is 15.2. The van der Waals surface area contributed by atoms with Gasteiger partial charge in [0.25, 0.3) is 5.91 Å². The lowest BCUT2D eigenvalue weighted by Gasteiger charge is -2.11. The predicted octanol–water partition coefficient (Wildman–Crippen LogP) is 3.82. The molecule has 11 heteroatoms. The van der Waals surface area contributed by atoms with E-state index in [9.17, 15) is 4.79 Å². The molecule has 3 aromatic rings. The first-order valence-corrected chi connectivity index (χ1v) is 14.3. The third kappa shape index (κ3) is 12.1. The van der Waals surface area contributed by atoms with E-state index in [0.717, 1.165) is 22.5 Å². The number of carbonyl (C=O) groups excluding carboxylic acids is 1. The number of benzene rings is 2. The number of thiazole rings is 1. The summed E-state index contributed by atoms with van der Waals surface area (Å²) in [5.74, 6) is -0.177. The summed E-state index contributed by atoms with van der Waals surface area (Å²) in [5.41, 5.74) is 9.62. The van der Waals surface area contributed by atoms with Crippen molar-refractivity contribution in [3.8, 4) is 11.3 Å². The number of anilines is 2. The summed E-state index contributed by atoms with van der Waals surface area (Å²) in [6, 6.07) is 15.6. The minimum Gasteiger partial charge on any atom is -0.383 e. The lowest BCUT2D eigenvalue weighted by atomic mass is 10.1. The fraction of sp³-hybridized carbons (Fsp3) is 0.448. The first-order valence-electron chi connectivity index (χ1n) is 13.4. The molecule has 0 saturated carbocycles. The second-order valence-electron chi connectivity index (χ2n) is 8.67. The Bertz CT molecular complexity index is 1110. The molecule has 0 aliphatic heterocycles. The number of aryl methyl sites for hydroxylation is 1. The topological polar surface area (TPSA) is 126 Å². The van der Waals surface area contributed by atoms with Crippen LogP contribution in [0.15, 0.2) is 53.9 Å². The van der Waals surface area contributed by atoms with Gasteiger partial charge in [-0.25, -0.2) is 4.98 Å². The Morgan fingerprint density at radius 1 is 0.825 bits per heavy atom. The fourth-order valence-electron chi connectivity index (χ4n) is 3.60. The van der Waals surface area contributed by atoms with E-state index in [1.165, 1.54) is 11.3 Å². The largest absolute Gasteiger partial charge is 0.383 e. The Hall–Kier alpha value is -2.90. The molecule has 3 rings (SSSR count). The summed E-state index contributed by atoms with van der Waals surface area (Å²) in [6.45, 7) is 8.36. The molecule has 0 spiro atoms. The number of ether oxygens (including phenoxy) is 5. The molecule has 0 aliphatic carbocycles. The lowest BCUT2D eigenvalue weighted by Crippen LogP contribution is -2.16. The van der Waals surface area contributed by atoms with Crippen LogP contribution in [0.2, 0.25) is 0 Å². The van der Waals surface area contributed by atoms with E-state index in [2.05, 4.69) is 15.6 Å². The molecule has 0 radical (unpaired) electrons. The molecule has 2 aromatic carbocycles. The summed E-state index contributed by atoms with van der Waals surface area (Å²) in [4.78, 5) is 17.3. The van der Waals surface area contributed by atoms with Crippen molar-refractivity contribution >= 4 is 28.1 Å². The van der Waals surface area contributed by atoms with E-state index >= 15 is 0 Å². The molecular formula is C29H40N4O6S. The maximum atomic E-state index is 12.8. The van der Waals surface area contributed by atoms with Crippen LogP contribution in [0.1, 0.15) is 15.9 Å². The minimum absolute atomic E-state index is 0.177. The van der Waals surface area contributed by atoms with E-state index in [1.807, 2.05) is 60.8 Å². The van der Waals surface area contributed by atoms with Crippen LogP contribution < -0.4 is 16.4 Å². The molecular weight excluding hydrogens is 532 g/mol. The highest BCUT2D eigenvalue weighted by Crippen LogP contribution is 2.25. The summed E-state index contributed by atoms with van der Waals surface area (Å²) in [7, 11) is 0. The number of hydrogen-bond donors (Lipinski definition) is 3. The van der Waals surface area contributed by atoms with Crippen LogP contribution in [0.4, 0.5) is 10.8 Å².